The van der Waals surface area contributed by atoms with Crippen molar-refractivity contribution in [3.8, 4) is 0 Å². The smallest absolute Gasteiger partial charge is 0.357 e. The molecule has 132 valence electrons. The fourth-order valence-electron chi connectivity index (χ4n) is 2.34. The molecule has 0 spiro atoms. The van der Waals surface area contributed by atoms with Crippen LogP contribution in [-0.4, -0.2) is 9.91 Å². The lowest BCUT2D eigenvalue weighted by Crippen LogP contribution is -2.18. The molecule has 2 rings (SSSR count). The van der Waals surface area contributed by atoms with Crippen LogP contribution in [0.2, 0.25) is 0 Å². The van der Waals surface area contributed by atoms with Gasteiger partial charge in [0.2, 0.25) is 5.82 Å². The second kappa shape index (κ2) is 7.64. The SMILES string of the molecule is C=CCC(Nc1nc(Br)ccc1[N+](=O)[O-])c1ccccc1C(F)(F)F. The zero-order valence-corrected chi connectivity index (χ0v) is 14.3. The minimum atomic E-state index is -4.55. The van der Waals surface area contributed by atoms with Crippen molar-refractivity contribution in [3.63, 3.8) is 0 Å². The Morgan fingerprint density at radius 3 is 2.60 bits per heavy atom. The van der Waals surface area contributed by atoms with Crippen LogP contribution < -0.4 is 5.32 Å². The van der Waals surface area contributed by atoms with E-state index in [-0.39, 0.29) is 23.5 Å². The number of hydrogen-bond acceptors (Lipinski definition) is 4. The van der Waals surface area contributed by atoms with E-state index in [0.29, 0.717) is 4.60 Å². The lowest BCUT2D eigenvalue weighted by molar-refractivity contribution is -0.384. The fourth-order valence-corrected chi connectivity index (χ4v) is 2.65. The van der Waals surface area contributed by atoms with Crippen molar-refractivity contribution in [1.29, 1.82) is 0 Å². The molecule has 1 aromatic carbocycles. The van der Waals surface area contributed by atoms with Crippen molar-refractivity contribution in [2.45, 2.75) is 18.6 Å². The molecule has 1 heterocycles. The number of pyridine rings is 1. The number of alkyl halides is 3. The van der Waals surface area contributed by atoms with Crippen molar-refractivity contribution in [1.82, 2.24) is 4.98 Å². The summed E-state index contributed by atoms with van der Waals surface area (Å²) in [5, 5.41) is 13.9. The highest BCUT2D eigenvalue weighted by molar-refractivity contribution is 9.10. The third-order valence-corrected chi connectivity index (χ3v) is 3.83. The Bertz CT molecular complexity index is 796. The van der Waals surface area contributed by atoms with Crippen molar-refractivity contribution in [2.24, 2.45) is 0 Å². The second-order valence-corrected chi connectivity index (χ2v) is 5.88. The molecule has 1 N–H and O–H groups in total. The number of nitro groups is 1. The predicted octanol–water partition coefficient (Wildman–Crippen LogP) is 5.50. The molecule has 9 heteroatoms. The maximum absolute atomic E-state index is 13.3. The maximum atomic E-state index is 13.3. The first-order valence-electron chi connectivity index (χ1n) is 7.08. The van der Waals surface area contributed by atoms with Crippen molar-refractivity contribution in [2.75, 3.05) is 5.32 Å². The Morgan fingerprint density at radius 1 is 1.32 bits per heavy atom. The van der Waals surface area contributed by atoms with E-state index in [1.807, 2.05) is 0 Å². The van der Waals surface area contributed by atoms with Crippen LogP contribution in [0.25, 0.3) is 0 Å². The highest BCUT2D eigenvalue weighted by Gasteiger charge is 2.35. The molecule has 1 aromatic heterocycles. The van der Waals surface area contributed by atoms with Gasteiger partial charge in [0.05, 0.1) is 16.5 Å². The Morgan fingerprint density at radius 2 is 2.00 bits per heavy atom. The summed E-state index contributed by atoms with van der Waals surface area (Å²) in [7, 11) is 0. The number of hydrogen-bond donors (Lipinski definition) is 1. The van der Waals surface area contributed by atoms with Crippen LogP contribution in [0.4, 0.5) is 24.7 Å². The number of benzene rings is 1. The molecular formula is C16H13BrF3N3O2. The standard InChI is InChI=1S/C16H13BrF3N3O2/c1-2-5-12(10-6-3-4-7-11(10)16(18,19)20)21-15-13(23(24)25)8-9-14(17)22-15/h2-4,6-9,12H,1,5H2,(H,21,22). The van der Waals surface area contributed by atoms with Gasteiger partial charge in [-0.05, 0) is 40.0 Å². The van der Waals surface area contributed by atoms with Gasteiger partial charge in [0.25, 0.3) is 0 Å². The highest BCUT2D eigenvalue weighted by Crippen LogP contribution is 2.37. The van der Waals surface area contributed by atoms with Crippen molar-refractivity contribution < 1.29 is 18.1 Å². The Hall–Kier alpha value is -2.42. The minimum Gasteiger partial charge on any atom is -0.357 e. The lowest BCUT2D eigenvalue weighted by atomic mass is 9.97. The molecule has 0 aliphatic rings. The number of anilines is 1. The zero-order valence-electron chi connectivity index (χ0n) is 12.8. The second-order valence-electron chi connectivity index (χ2n) is 5.07. The van der Waals surface area contributed by atoms with E-state index in [4.69, 9.17) is 0 Å². The number of nitrogens with one attached hydrogen (secondary N) is 1. The van der Waals surface area contributed by atoms with E-state index < -0.39 is 22.7 Å². The Kier molecular flexibility index (Phi) is 5.78. The molecule has 1 atom stereocenters. The van der Waals surface area contributed by atoms with E-state index in [9.17, 15) is 23.3 Å². The van der Waals surface area contributed by atoms with Gasteiger partial charge in [-0.25, -0.2) is 4.98 Å². The summed E-state index contributed by atoms with van der Waals surface area (Å²) < 4.78 is 40.1. The van der Waals surface area contributed by atoms with Crippen molar-refractivity contribution >= 4 is 27.4 Å². The maximum Gasteiger partial charge on any atom is 0.416 e. The minimum absolute atomic E-state index is 0.0361. The first kappa shape index (κ1) is 18.9. The summed E-state index contributed by atoms with van der Waals surface area (Å²) in [5.41, 5.74) is -1.18. The van der Waals surface area contributed by atoms with Gasteiger partial charge >= 0.3 is 11.9 Å². The van der Waals surface area contributed by atoms with Gasteiger partial charge in [0.15, 0.2) is 0 Å². The van der Waals surface area contributed by atoms with Crippen molar-refractivity contribution in [3.05, 3.63) is 74.9 Å². The Labute approximate surface area is 149 Å². The molecular weight excluding hydrogens is 403 g/mol. The lowest BCUT2D eigenvalue weighted by Gasteiger charge is -2.22. The first-order valence-corrected chi connectivity index (χ1v) is 7.88. The van der Waals surface area contributed by atoms with Gasteiger partial charge < -0.3 is 5.32 Å². The molecule has 0 amide bonds. The van der Waals surface area contributed by atoms with Crippen LogP contribution in [0.1, 0.15) is 23.6 Å². The average molecular weight is 416 g/mol. The van der Waals surface area contributed by atoms with E-state index >= 15 is 0 Å². The van der Waals surface area contributed by atoms with Crippen LogP contribution in [0, 0.1) is 10.1 Å². The van der Waals surface area contributed by atoms with Crippen LogP contribution in [0.15, 0.2) is 53.7 Å². The highest BCUT2D eigenvalue weighted by atomic mass is 79.9. The Balaban J connectivity index is 2.50. The molecule has 0 bridgehead atoms. The number of nitrogens with zero attached hydrogens (tertiary/aromatic N) is 2. The predicted molar refractivity (Wildman–Crippen MR) is 91.2 cm³/mol. The normalized spacial score (nSPS) is 12.5. The molecule has 25 heavy (non-hydrogen) atoms. The van der Waals surface area contributed by atoms with Gasteiger partial charge in [-0.1, -0.05) is 24.3 Å². The molecule has 0 fully saturated rings. The quantitative estimate of drug-likeness (QED) is 0.292. The molecule has 0 saturated carbocycles. The molecule has 0 aliphatic carbocycles. The van der Waals surface area contributed by atoms with Gasteiger partial charge in [-0.2, -0.15) is 13.2 Å². The number of aromatic nitrogens is 1. The molecule has 0 radical (unpaired) electrons. The van der Waals surface area contributed by atoms with E-state index in [0.717, 1.165) is 6.07 Å². The van der Waals surface area contributed by atoms with Gasteiger partial charge in [-0.15, -0.1) is 6.58 Å². The van der Waals surface area contributed by atoms with E-state index in [1.165, 1.54) is 36.4 Å². The zero-order chi connectivity index (χ0) is 18.6. The number of rotatable bonds is 6. The van der Waals surface area contributed by atoms with Crippen LogP contribution in [0.5, 0.6) is 0 Å². The third kappa shape index (κ3) is 4.56. The molecule has 0 saturated heterocycles. The summed E-state index contributed by atoms with van der Waals surface area (Å²) >= 11 is 3.10. The van der Waals surface area contributed by atoms with Crippen LogP contribution in [-0.2, 0) is 6.18 Å². The average Bonchev–Trinajstić information content (AvgIpc) is 2.53. The molecule has 1 unspecified atom stereocenters. The monoisotopic (exact) mass is 415 g/mol. The van der Waals surface area contributed by atoms with Gasteiger partial charge in [0, 0.05) is 6.07 Å². The molecule has 2 aromatic rings. The summed E-state index contributed by atoms with van der Waals surface area (Å²) in [6, 6.07) is 6.79. The number of halogens is 4. The summed E-state index contributed by atoms with van der Waals surface area (Å²) in [6.07, 6.45) is -2.98. The molecule has 0 aliphatic heterocycles. The van der Waals surface area contributed by atoms with E-state index in [1.54, 1.807) is 0 Å². The molecule has 5 nitrogen and oxygen atoms in total. The third-order valence-electron chi connectivity index (χ3n) is 3.39. The summed E-state index contributed by atoms with van der Waals surface area (Å²) in [6.45, 7) is 3.55. The topological polar surface area (TPSA) is 68.1 Å². The van der Waals surface area contributed by atoms with Gasteiger partial charge in [-0.3, -0.25) is 10.1 Å². The largest absolute Gasteiger partial charge is 0.416 e. The van der Waals surface area contributed by atoms with Crippen LogP contribution in [0.3, 0.4) is 0 Å². The summed E-state index contributed by atoms with van der Waals surface area (Å²) in [4.78, 5) is 14.5. The van der Waals surface area contributed by atoms with E-state index in [2.05, 4.69) is 32.8 Å². The van der Waals surface area contributed by atoms with Crippen LogP contribution >= 0.6 is 15.9 Å². The fraction of sp³-hybridized carbons (Fsp3) is 0.188. The first-order chi connectivity index (χ1) is 11.7. The summed E-state index contributed by atoms with van der Waals surface area (Å²) in [5.74, 6) is -0.122. The van der Waals surface area contributed by atoms with Gasteiger partial charge in [0.1, 0.15) is 4.60 Å².